The van der Waals surface area contributed by atoms with Crippen molar-refractivity contribution >= 4 is 44.8 Å². The molecule has 0 heterocycles. The molecule has 0 saturated heterocycles. The average Bonchev–Trinajstić information content (AvgIpc) is 2.48. The van der Waals surface area contributed by atoms with Crippen molar-refractivity contribution in [3.8, 4) is 0 Å². The molecule has 0 aliphatic rings. The number of benzene rings is 2. The van der Waals surface area contributed by atoms with Crippen LogP contribution in [0.4, 0.5) is 5.69 Å². The van der Waals surface area contributed by atoms with Crippen molar-refractivity contribution in [2.24, 2.45) is 5.73 Å². The van der Waals surface area contributed by atoms with Gasteiger partial charge in [-0.2, -0.15) is 0 Å². The van der Waals surface area contributed by atoms with Crippen molar-refractivity contribution in [3.05, 3.63) is 58.1 Å². The van der Waals surface area contributed by atoms with Gasteiger partial charge < -0.3 is 5.73 Å². The van der Waals surface area contributed by atoms with E-state index in [2.05, 4.69) is 0 Å². The van der Waals surface area contributed by atoms with E-state index in [1.165, 1.54) is 30.3 Å². The second kappa shape index (κ2) is 6.78. The fourth-order valence-corrected chi connectivity index (χ4v) is 3.65. The minimum absolute atomic E-state index is 0.0513. The normalized spacial score (nSPS) is 11.3. The molecule has 8 heteroatoms. The zero-order valence-corrected chi connectivity index (χ0v) is 14.5. The van der Waals surface area contributed by atoms with Crippen LogP contribution in [0.25, 0.3) is 0 Å². The molecule has 2 aromatic rings. The van der Waals surface area contributed by atoms with Gasteiger partial charge in [-0.05, 0) is 37.3 Å². The smallest absolute Gasteiger partial charge is 0.264 e. The first kappa shape index (κ1) is 17.6. The van der Waals surface area contributed by atoms with E-state index in [4.69, 9.17) is 28.9 Å². The van der Waals surface area contributed by atoms with Gasteiger partial charge in [-0.1, -0.05) is 40.9 Å². The highest BCUT2D eigenvalue weighted by Crippen LogP contribution is 2.30. The number of halogens is 2. The van der Waals surface area contributed by atoms with Crippen molar-refractivity contribution in [2.75, 3.05) is 10.8 Å². The first-order valence-corrected chi connectivity index (χ1v) is 8.74. The quantitative estimate of drug-likeness (QED) is 0.875. The Labute approximate surface area is 144 Å². The number of nitrogens with two attached hydrogens (primary N) is 1. The minimum atomic E-state index is -3.96. The molecule has 0 aliphatic carbocycles. The van der Waals surface area contributed by atoms with E-state index in [9.17, 15) is 13.2 Å². The molecule has 0 aliphatic heterocycles. The van der Waals surface area contributed by atoms with Crippen LogP contribution in [-0.4, -0.2) is 20.9 Å². The number of sulfonamides is 1. The molecule has 0 radical (unpaired) electrons. The number of aryl methyl sites for hydroxylation is 1. The molecule has 122 valence electrons. The van der Waals surface area contributed by atoms with Gasteiger partial charge in [-0.3, -0.25) is 9.10 Å². The summed E-state index contributed by atoms with van der Waals surface area (Å²) in [5.41, 5.74) is 6.32. The van der Waals surface area contributed by atoms with Gasteiger partial charge in [0.1, 0.15) is 6.54 Å². The second-order valence-electron chi connectivity index (χ2n) is 4.89. The van der Waals surface area contributed by atoms with Crippen LogP contribution in [0.2, 0.25) is 10.0 Å². The van der Waals surface area contributed by atoms with Crippen molar-refractivity contribution in [1.29, 1.82) is 0 Å². The van der Waals surface area contributed by atoms with Gasteiger partial charge in [-0.25, -0.2) is 8.42 Å². The van der Waals surface area contributed by atoms with E-state index in [0.717, 1.165) is 9.87 Å². The molecule has 23 heavy (non-hydrogen) atoms. The van der Waals surface area contributed by atoms with E-state index < -0.39 is 22.5 Å². The largest absolute Gasteiger partial charge is 0.368 e. The lowest BCUT2D eigenvalue weighted by Gasteiger charge is -2.23. The highest BCUT2D eigenvalue weighted by molar-refractivity contribution is 7.92. The van der Waals surface area contributed by atoms with Crippen LogP contribution in [0.3, 0.4) is 0 Å². The molecule has 2 rings (SSSR count). The maximum atomic E-state index is 12.8. The van der Waals surface area contributed by atoms with Crippen molar-refractivity contribution < 1.29 is 13.2 Å². The van der Waals surface area contributed by atoms with Gasteiger partial charge >= 0.3 is 0 Å². The van der Waals surface area contributed by atoms with Gasteiger partial charge in [-0.15, -0.1) is 0 Å². The first-order chi connectivity index (χ1) is 10.7. The molecule has 0 saturated carbocycles. The summed E-state index contributed by atoms with van der Waals surface area (Å²) < 4.78 is 26.5. The van der Waals surface area contributed by atoms with Crippen molar-refractivity contribution in [3.63, 3.8) is 0 Å². The number of hydrogen-bond donors (Lipinski definition) is 1. The van der Waals surface area contributed by atoms with Gasteiger partial charge in [0.05, 0.1) is 20.6 Å². The number of anilines is 1. The van der Waals surface area contributed by atoms with E-state index in [1.54, 1.807) is 12.1 Å². The van der Waals surface area contributed by atoms with Crippen LogP contribution in [0.5, 0.6) is 0 Å². The van der Waals surface area contributed by atoms with Crippen molar-refractivity contribution in [1.82, 2.24) is 0 Å². The lowest BCUT2D eigenvalue weighted by Crippen LogP contribution is -2.38. The molecular weight excluding hydrogens is 359 g/mol. The van der Waals surface area contributed by atoms with Gasteiger partial charge in [0.2, 0.25) is 5.91 Å². The van der Waals surface area contributed by atoms with Crippen LogP contribution >= 0.6 is 23.2 Å². The summed E-state index contributed by atoms with van der Waals surface area (Å²) in [5.74, 6) is -0.785. The summed E-state index contributed by atoms with van der Waals surface area (Å²) in [6.45, 7) is 1.34. The van der Waals surface area contributed by atoms with Crippen LogP contribution in [0.15, 0.2) is 47.4 Å². The Morgan fingerprint density at radius 2 is 1.70 bits per heavy atom. The summed E-state index contributed by atoms with van der Waals surface area (Å²) in [6, 6.07) is 10.6. The van der Waals surface area contributed by atoms with Crippen molar-refractivity contribution in [2.45, 2.75) is 11.8 Å². The Balaban J connectivity index is 2.55. The molecule has 2 aromatic carbocycles. The molecule has 0 spiro atoms. The molecule has 2 N–H and O–H groups in total. The van der Waals surface area contributed by atoms with E-state index >= 15 is 0 Å². The minimum Gasteiger partial charge on any atom is -0.368 e. The predicted molar refractivity (Wildman–Crippen MR) is 91.4 cm³/mol. The predicted octanol–water partition coefficient (Wildman–Crippen LogP) is 2.98. The lowest BCUT2D eigenvalue weighted by atomic mass is 10.2. The highest BCUT2D eigenvalue weighted by atomic mass is 35.5. The molecule has 1 amide bonds. The lowest BCUT2D eigenvalue weighted by molar-refractivity contribution is -0.116. The summed E-state index contributed by atoms with van der Waals surface area (Å²) in [4.78, 5) is 11.4. The molecule has 0 bridgehead atoms. The molecule has 0 unspecified atom stereocenters. The van der Waals surface area contributed by atoms with Crippen LogP contribution in [0.1, 0.15) is 5.56 Å². The Kier molecular flexibility index (Phi) is 5.19. The Morgan fingerprint density at radius 3 is 2.22 bits per heavy atom. The van der Waals surface area contributed by atoms with Gasteiger partial charge in [0, 0.05) is 0 Å². The van der Waals surface area contributed by atoms with Crippen LogP contribution in [0, 0.1) is 6.92 Å². The Hall–Kier alpha value is -1.76. The zero-order chi connectivity index (χ0) is 17.2. The summed E-state index contributed by atoms with van der Waals surface area (Å²) in [7, 11) is -3.96. The van der Waals surface area contributed by atoms with Crippen LogP contribution in [-0.2, 0) is 14.8 Å². The molecule has 0 atom stereocenters. The van der Waals surface area contributed by atoms with E-state index in [1.807, 2.05) is 6.92 Å². The zero-order valence-electron chi connectivity index (χ0n) is 12.2. The summed E-state index contributed by atoms with van der Waals surface area (Å²) >= 11 is 11.8. The SMILES string of the molecule is Cc1ccc(S(=O)(=O)N(CC(N)=O)c2ccc(Cl)c(Cl)c2)cc1. The number of amides is 1. The first-order valence-electron chi connectivity index (χ1n) is 6.54. The molecule has 0 fully saturated rings. The topological polar surface area (TPSA) is 80.5 Å². The number of rotatable bonds is 5. The van der Waals surface area contributed by atoms with Gasteiger partial charge in [0.15, 0.2) is 0 Å². The number of nitrogens with zero attached hydrogens (tertiary/aromatic N) is 1. The van der Waals surface area contributed by atoms with Crippen LogP contribution < -0.4 is 10.0 Å². The fourth-order valence-electron chi connectivity index (χ4n) is 1.93. The van der Waals surface area contributed by atoms with Gasteiger partial charge in [0.25, 0.3) is 10.0 Å². The Morgan fingerprint density at radius 1 is 1.09 bits per heavy atom. The summed E-state index contributed by atoms with van der Waals surface area (Å²) in [5, 5.41) is 0.458. The average molecular weight is 373 g/mol. The molecule has 5 nitrogen and oxygen atoms in total. The molecule has 0 aromatic heterocycles. The maximum absolute atomic E-state index is 12.8. The maximum Gasteiger partial charge on any atom is 0.264 e. The third-order valence-electron chi connectivity index (χ3n) is 3.10. The number of carbonyl (C=O) groups excluding carboxylic acids is 1. The number of primary amides is 1. The third kappa shape index (κ3) is 3.96. The number of carbonyl (C=O) groups is 1. The second-order valence-corrected chi connectivity index (χ2v) is 7.57. The van der Waals surface area contributed by atoms with E-state index in [-0.39, 0.29) is 20.6 Å². The number of hydrogen-bond acceptors (Lipinski definition) is 3. The summed E-state index contributed by atoms with van der Waals surface area (Å²) in [6.07, 6.45) is 0. The molecular formula is C15H14Cl2N2O3S. The monoisotopic (exact) mass is 372 g/mol. The highest BCUT2D eigenvalue weighted by Gasteiger charge is 2.26. The third-order valence-corrected chi connectivity index (χ3v) is 5.63. The standard InChI is InChI=1S/C15H14Cl2N2O3S/c1-10-2-5-12(6-3-10)23(21,22)19(9-15(18)20)11-4-7-13(16)14(17)8-11/h2-8H,9H2,1H3,(H2,18,20). The van der Waals surface area contributed by atoms with E-state index in [0.29, 0.717) is 0 Å². The Bertz CT molecular complexity index is 836. The fraction of sp³-hybridized carbons (Fsp3) is 0.133.